The van der Waals surface area contributed by atoms with E-state index in [1.165, 1.54) is 16.7 Å². The Labute approximate surface area is 140 Å². The Hall–Kier alpha value is -2.07. The van der Waals surface area contributed by atoms with Crippen LogP contribution in [0.1, 0.15) is 46.3 Å². The fourth-order valence-electron chi connectivity index (χ4n) is 2.62. The first-order valence-corrected chi connectivity index (χ1v) is 8.71. The number of carbonyl (C=O) groups is 1. The van der Waals surface area contributed by atoms with Gasteiger partial charge in [-0.2, -0.15) is 0 Å². The predicted octanol–water partition coefficient (Wildman–Crippen LogP) is 4.83. The van der Waals surface area contributed by atoms with Gasteiger partial charge in [-0.05, 0) is 44.9 Å². The van der Waals surface area contributed by atoms with E-state index in [4.69, 9.17) is 0 Å². The summed E-state index contributed by atoms with van der Waals surface area (Å²) in [6.45, 7) is 9.02. The van der Waals surface area contributed by atoms with Crippen LogP contribution in [0.15, 0.2) is 36.7 Å². The fraction of sp³-hybridized carbons (Fsp3) is 0.316. The molecule has 23 heavy (non-hydrogen) atoms. The Bertz CT molecular complexity index is 826. The lowest BCUT2D eigenvalue weighted by Gasteiger charge is -2.08. The number of rotatable bonds is 4. The second-order valence-corrected chi connectivity index (χ2v) is 7.43. The lowest BCUT2D eigenvalue weighted by molar-refractivity contribution is 0.0955. The molecule has 0 aliphatic carbocycles. The van der Waals surface area contributed by atoms with E-state index < -0.39 is 0 Å². The van der Waals surface area contributed by atoms with Crippen molar-refractivity contribution in [1.82, 2.24) is 9.88 Å². The molecule has 3 nitrogen and oxygen atoms in total. The first kappa shape index (κ1) is 15.8. The summed E-state index contributed by atoms with van der Waals surface area (Å²) in [6, 6.07) is 8.75. The van der Waals surface area contributed by atoms with Crippen molar-refractivity contribution >= 4 is 27.3 Å². The van der Waals surface area contributed by atoms with Gasteiger partial charge in [0.15, 0.2) is 0 Å². The van der Waals surface area contributed by atoms with E-state index in [9.17, 15) is 4.79 Å². The number of fused-ring (bicyclic) bond motifs is 1. The number of aromatic nitrogens is 1. The molecule has 120 valence electrons. The van der Waals surface area contributed by atoms with Crippen molar-refractivity contribution in [2.24, 2.45) is 0 Å². The number of thiophene rings is 1. The minimum atomic E-state index is 0.00297. The van der Waals surface area contributed by atoms with E-state index in [0.717, 1.165) is 15.0 Å². The van der Waals surface area contributed by atoms with Crippen LogP contribution < -0.4 is 5.32 Å². The third-order valence-electron chi connectivity index (χ3n) is 4.11. The molecule has 0 atom stereocenters. The van der Waals surface area contributed by atoms with Crippen LogP contribution in [0.2, 0.25) is 0 Å². The Morgan fingerprint density at radius 3 is 2.70 bits per heavy atom. The summed E-state index contributed by atoms with van der Waals surface area (Å²) in [5, 5.41) is 4.18. The summed E-state index contributed by atoms with van der Waals surface area (Å²) in [7, 11) is 0. The second kappa shape index (κ2) is 6.20. The zero-order valence-electron chi connectivity index (χ0n) is 14.0. The average molecular weight is 326 g/mol. The Morgan fingerprint density at radius 2 is 2.00 bits per heavy atom. The van der Waals surface area contributed by atoms with Gasteiger partial charge in [0.1, 0.15) is 0 Å². The summed E-state index contributed by atoms with van der Waals surface area (Å²) in [5.74, 6) is 0.00297. The summed E-state index contributed by atoms with van der Waals surface area (Å²) in [6.07, 6.45) is 4.23. The van der Waals surface area contributed by atoms with Gasteiger partial charge in [-0.3, -0.25) is 4.79 Å². The second-order valence-electron chi connectivity index (χ2n) is 6.34. The largest absolute Gasteiger partial charge is 0.350 e. The van der Waals surface area contributed by atoms with Gasteiger partial charge in [0.05, 0.1) is 9.58 Å². The summed E-state index contributed by atoms with van der Waals surface area (Å²) in [5.41, 5.74) is 3.60. The first-order chi connectivity index (χ1) is 10.9. The smallest absolute Gasteiger partial charge is 0.261 e. The molecule has 0 fully saturated rings. The zero-order valence-corrected chi connectivity index (χ0v) is 14.8. The molecule has 1 aromatic carbocycles. The molecule has 0 spiro atoms. The van der Waals surface area contributed by atoms with Crippen LogP contribution in [-0.4, -0.2) is 10.5 Å². The van der Waals surface area contributed by atoms with Crippen LogP contribution in [0.5, 0.6) is 0 Å². The number of hydrogen-bond donors (Lipinski definition) is 1. The van der Waals surface area contributed by atoms with Crippen LogP contribution in [-0.2, 0) is 6.54 Å². The lowest BCUT2D eigenvalue weighted by atomic mass is 10.1. The van der Waals surface area contributed by atoms with E-state index in [0.29, 0.717) is 12.6 Å². The van der Waals surface area contributed by atoms with Crippen molar-refractivity contribution in [1.29, 1.82) is 0 Å². The monoisotopic (exact) mass is 326 g/mol. The van der Waals surface area contributed by atoms with Crippen molar-refractivity contribution in [2.75, 3.05) is 0 Å². The van der Waals surface area contributed by atoms with Crippen LogP contribution >= 0.6 is 11.3 Å². The molecule has 0 unspecified atom stereocenters. The molecule has 1 N–H and O–H groups in total. The maximum absolute atomic E-state index is 12.4. The van der Waals surface area contributed by atoms with Crippen LogP contribution in [0, 0.1) is 13.8 Å². The lowest BCUT2D eigenvalue weighted by Crippen LogP contribution is -2.22. The predicted molar refractivity (Wildman–Crippen MR) is 97.3 cm³/mol. The van der Waals surface area contributed by atoms with Crippen molar-refractivity contribution in [2.45, 2.75) is 40.3 Å². The standard InChI is InChI=1S/C19H22N2OS/c1-12(2)21-10-16-8-17(23-18(16)11-21)19(22)20-9-15-7-13(3)5-6-14(15)4/h5-8,10-12H,9H2,1-4H3,(H,20,22). The highest BCUT2D eigenvalue weighted by atomic mass is 32.1. The average Bonchev–Trinajstić information content (AvgIpc) is 3.06. The van der Waals surface area contributed by atoms with Gasteiger partial charge < -0.3 is 9.88 Å². The Kier molecular flexibility index (Phi) is 4.26. The molecular formula is C19H22N2OS. The molecule has 1 amide bonds. The molecule has 0 radical (unpaired) electrons. The van der Waals surface area contributed by atoms with Crippen molar-refractivity contribution < 1.29 is 4.79 Å². The first-order valence-electron chi connectivity index (χ1n) is 7.89. The van der Waals surface area contributed by atoms with E-state index >= 15 is 0 Å². The molecular weight excluding hydrogens is 304 g/mol. The topological polar surface area (TPSA) is 34.0 Å². The maximum Gasteiger partial charge on any atom is 0.261 e. The summed E-state index contributed by atoms with van der Waals surface area (Å²) >= 11 is 1.55. The van der Waals surface area contributed by atoms with E-state index in [1.807, 2.05) is 6.07 Å². The number of aryl methyl sites for hydroxylation is 2. The van der Waals surface area contributed by atoms with Gasteiger partial charge in [0.2, 0.25) is 0 Å². The molecule has 0 aliphatic heterocycles. The molecule has 3 aromatic rings. The molecule has 2 heterocycles. The van der Waals surface area contributed by atoms with Gasteiger partial charge in [-0.25, -0.2) is 0 Å². The molecule has 2 aromatic heterocycles. The van der Waals surface area contributed by atoms with Gasteiger partial charge in [0, 0.05) is 30.4 Å². The van der Waals surface area contributed by atoms with Crippen LogP contribution in [0.3, 0.4) is 0 Å². The molecule has 4 heteroatoms. The van der Waals surface area contributed by atoms with Gasteiger partial charge >= 0.3 is 0 Å². The van der Waals surface area contributed by atoms with Crippen molar-refractivity contribution in [3.8, 4) is 0 Å². The van der Waals surface area contributed by atoms with Crippen LogP contribution in [0.4, 0.5) is 0 Å². The molecule has 0 saturated heterocycles. The maximum atomic E-state index is 12.4. The van der Waals surface area contributed by atoms with Crippen LogP contribution in [0.25, 0.3) is 10.1 Å². The summed E-state index contributed by atoms with van der Waals surface area (Å²) in [4.78, 5) is 13.2. The number of hydrogen-bond acceptors (Lipinski definition) is 2. The molecule has 0 aliphatic rings. The highest BCUT2D eigenvalue weighted by molar-refractivity contribution is 7.20. The third kappa shape index (κ3) is 3.32. The number of benzene rings is 1. The zero-order chi connectivity index (χ0) is 16.6. The van der Waals surface area contributed by atoms with E-state index in [1.54, 1.807) is 11.3 Å². The molecule has 0 bridgehead atoms. The fourth-order valence-corrected chi connectivity index (χ4v) is 3.61. The highest BCUT2D eigenvalue weighted by Crippen LogP contribution is 2.28. The summed E-state index contributed by atoms with van der Waals surface area (Å²) < 4.78 is 3.34. The van der Waals surface area contributed by atoms with Gasteiger partial charge in [-0.15, -0.1) is 11.3 Å². The van der Waals surface area contributed by atoms with E-state index in [2.05, 4.69) is 68.2 Å². The molecule has 0 saturated carbocycles. The Morgan fingerprint density at radius 1 is 1.22 bits per heavy atom. The minimum absolute atomic E-state index is 0.00297. The quantitative estimate of drug-likeness (QED) is 0.732. The minimum Gasteiger partial charge on any atom is -0.350 e. The number of carbonyl (C=O) groups excluding carboxylic acids is 1. The van der Waals surface area contributed by atoms with Gasteiger partial charge in [-0.1, -0.05) is 23.8 Å². The van der Waals surface area contributed by atoms with Crippen molar-refractivity contribution in [3.05, 3.63) is 58.2 Å². The SMILES string of the molecule is Cc1ccc(C)c(CNC(=O)c2cc3cn(C(C)C)cc3s2)c1. The Balaban J connectivity index is 1.73. The normalized spacial score (nSPS) is 11.3. The molecule has 3 rings (SSSR count). The van der Waals surface area contributed by atoms with Gasteiger partial charge in [0.25, 0.3) is 5.91 Å². The number of nitrogens with one attached hydrogen (secondary N) is 1. The number of nitrogens with zero attached hydrogens (tertiary/aromatic N) is 1. The third-order valence-corrected chi connectivity index (χ3v) is 5.19. The highest BCUT2D eigenvalue weighted by Gasteiger charge is 2.12. The van der Waals surface area contributed by atoms with E-state index in [-0.39, 0.29) is 5.91 Å². The number of amides is 1. The van der Waals surface area contributed by atoms with Crippen molar-refractivity contribution in [3.63, 3.8) is 0 Å².